The topological polar surface area (TPSA) is 113 Å². The monoisotopic (exact) mass is 594 g/mol. The van der Waals surface area contributed by atoms with Crippen molar-refractivity contribution in [1.82, 2.24) is 10.3 Å². The molecule has 8 nitrogen and oxygen atoms in total. The minimum Gasteiger partial charge on any atom is -0.465 e. The van der Waals surface area contributed by atoms with Crippen LogP contribution in [0.25, 0.3) is 6.08 Å². The second-order valence-electron chi connectivity index (χ2n) is 9.07. The summed E-state index contributed by atoms with van der Waals surface area (Å²) in [6.45, 7) is 1.87. The Morgan fingerprint density at radius 1 is 0.905 bits per heavy atom. The van der Waals surface area contributed by atoms with Crippen molar-refractivity contribution in [2.45, 2.75) is 17.1 Å². The van der Waals surface area contributed by atoms with Crippen molar-refractivity contribution in [2.75, 3.05) is 10.6 Å². The first-order valence-corrected chi connectivity index (χ1v) is 14.7. The molecular weight excluding hydrogens is 569 g/mol. The number of benzene rings is 3. The number of thioether (sulfide) groups is 1. The number of rotatable bonds is 10. The number of thiazole rings is 1. The summed E-state index contributed by atoms with van der Waals surface area (Å²) in [6.07, 6.45) is 2.95. The number of aromatic nitrogens is 1. The van der Waals surface area contributed by atoms with Crippen molar-refractivity contribution < 1.29 is 18.8 Å². The number of furan rings is 1. The fourth-order valence-corrected chi connectivity index (χ4v) is 5.70. The van der Waals surface area contributed by atoms with Crippen molar-refractivity contribution in [3.8, 4) is 0 Å². The van der Waals surface area contributed by atoms with Gasteiger partial charge in [0, 0.05) is 27.6 Å². The maximum Gasteiger partial charge on any atom is 0.272 e. The van der Waals surface area contributed by atoms with Crippen LogP contribution >= 0.6 is 23.1 Å². The van der Waals surface area contributed by atoms with Crippen LogP contribution in [-0.4, -0.2) is 22.7 Å². The highest BCUT2D eigenvalue weighted by atomic mass is 32.2. The molecule has 0 aliphatic carbocycles. The fourth-order valence-electron chi connectivity index (χ4n) is 3.92. The molecule has 10 heteroatoms. The summed E-state index contributed by atoms with van der Waals surface area (Å²) < 4.78 is 5.37. The average Bonchev–Trinajstić information content (AvgIpc) is 3.68. The van der Waals surface area contributed by atoms with E-state index in [1.807, 2.05) is 48.7 Å². The zero-order valence-electron chi connectivity index (χ0n) is 22.4. The first kappa shape index (κ1) is 28.6. The zero-order valence-corrected chi connectivity index (χ0v) is 24.1. The van der Waals surface area contributed by atoms with Crippen molar-refractivity contribution in [3.05, 3.63) is 137 Å². The van der Waals surface area contributed by atoms with E-state index in [-0.39, 0.29) is 11.6 Å². The van der Waals surface area contributed by atoms with E-state index in [0.29, 0.717) is 22.1 Å². The number of aryl methyl sites for hydroxylation is 1. The molecule has 3 N–H and O–H groups in total. The normalized spacial score (nSPS) is 11.9. The number of hydrogen-bond acceptors (Lipinski definition) is 7. The molecule has 2 aromatic heterocycles. The van der Waals surface area contributed by atoms with E-state index in [9.17, 15) is 14.4 Å². The number of hydrogen-bond donors (Lipinski definition) is 3. The Balaban J connectivity index is 1.35. The van der Waals surface area contributed by atoms with Crippen LogP contribution in [0.2, 0.25) is 0 Å². The predicted octanol–water partition coefficient (Wildman–Crippen LogP) is 6.93. The van der Waals surface area contributed by atoms with Gasteiger partial charge in [-0.15, -0.1) is 23.1 Å². The van der Waals surface area contributed by atoms with Crippen molar-refractivity contribution in [2.24, 2.45) is 0 Å². The molecule has 0 aliphatic rings. The molecule has 5 rings (SSSR count). The third-order valence-corrected chi connectivity index (χ3v) is 8.02. The van der Waals surface area contributed by atoms with E-state index in [4.69, 9.17) is 4.42 Å². The Labute approximate surface area is 250 Å². The van der Waals surface area contributed by atoms with Crippen LogP contribution in [0.4, 0.5) is 10.8 Å². The number of amides is 3. The summed E-state index contributed by atoms with van der Waals surface area (Å²) >= 11 is 2.72. The van der Waals surface area contributed by atoms with Gasteiger partial charge in [0.1, 0.15) is 16.7 Å². The summed E-state index contributed by atoms with van der Waals surface area (Å²) in [5, 5.41) is 10.3. The van der Waals surface area contributed by atoms with Gasteiger partial charge in [-0.3, -0.25) is 14.4 Å². The molecule has 2 heterocycles. The van der Waals surface area contributed by atoms with Gasteiger partial charge in [0.25, 0.3) is 11.8 Å². The Morgan fingerprint density at radius 2 is 1.67 bits per heavy atom. The first-order chi connectivity index (χ1) is 20.4. The molecule has 0 fully saturated rings. The highest BCUT2D eigenvalue weighted by Crippen LogP contribution is 2.37. The maximum absolute atomic E-state index is 13.4. The molecule has 0 saturated carbocycles. The average molecular weight is 595 g/mol. The van der Waals surface area contributed by atoms with Crippen molar-refractivity contribution >= 4 is 57.7 Å². The molecule has 1 unspecified atom stereocenters. The standard InChI is InChI=1S/C32H26N4O4S2/c1-21-20-41-32(33-21)36-31(39)28(22-10-4-2-5-11-22)42-26-16-8-14-24(18-26)34-30(38)27(19-25-15-9-17-40-25)35-29(37)23-12-6-3-7-13-23/h2-20,28H,1H3,(H,34,38)(H,35,37)(H,33,36,39)/b27-19-. The van der Waals surface area contributed by atoms with E-state index in [0.717, 1.165) is 16.2 Å². The highest BCUT2D eigenvalue weighted by Gasteiger charge is 2.23. The molecule has 5 aromatic rings. The Hall–Kier alpha value is -4.93. The van der Waals surface area contributed by atoms with Crippen LogP contribution in [0.3, 0.4) is 0 Å². The lowest BCUT2D eigenvalue weighted by Gasteiger charge is -2.17. The predicted molar refractivity (Wildman–Crippen MR) is 166 cm³/mol. The Bertz CT molecular complexity index is 1700. The molecule has 0 saturated heterocycles. The largest absolute Gasteiger partial charge is 0.465 e. The molecule has 0 radical (unpaired) electrons. The summed E-state index contributed by atoms with van der Waals surface area (Å²) in [5.74, 6) is -0.762. The summed E-state index contributed by atoms with van der Waals surface area (Å²) in [7, 11) is 0. The Morgan fingerprint density at radius 3 is 2.36 bits per heavy atom. The van der Waals surface area contributed by atoms with Gasteiger partial charge in [-0.1, -0.05) is 54.6 Å². The van der Waals surface area contributed by atoms with E-state index in [1.165, 1.54) is 35.4 Å². The van der Waals surface area contributed by atoms with Crippen LogP contribution < -0.4 is 16.0 Å². The third-order valence-electron chi connectivity index (χ3n) is 5.89. The molecule has 0 spiro atoms. The fraction of sp³-hybridized carbons (Fsp3) is 0.0625. The van der Waals surface area contributed by atoms with Gasteiger partial charge in [-0.05, 0) is 55.0 Å². The van der Waals surface area contributed by atoms with Crippen LogP contribution in [0, 0.1) is 6.92 Å². The van der Waals surface area contributed by atoms with Gasteiger partial charge in [0.05, 0.1) is 12.0 Å². The van der Waals surface area contributed by atoms with Gasteiger partial charge < -0.3 is 20.4 Å². The van der Waals surface area contributed by atoms with Gasteiger partial charge >= 0.3 is 0 Å². The van der Waals surface area contributed by atoms with E-state index in [2.05, 4.69) is 20.9 Å². The smallest absolute Gasteiger partial charge is 0.272 e. The number of nitrogens with one attached hydrogen (secondary N) is 3. The number of carbonyl (C=O) groups excluding carboxylic acids is 3. The van der Waals surface area contributed by atoms with Gasteiger partial charge in [0.15, 0.2) is 5.13 Å². The number of carbonyl (C=O) groups is 3. The molecule has 3 amide bonds. The lowest BCUT2D eigenvalue weighted by Crippen LogP contribution is -2.30. The second kappa shape index (κ2) is 13.6. The van der Waals surface area contributed by atoms with Gasteiger partial charge in [-0.25, -0.2) is 4.98 Å². The van der Waals surface area contributed by atoms with Crippen molar-refractivity contribution in [3.63, 3.8) is 0 Å². The van der Waals surface area contributed by atoms with Crippen molar-refractivity contribution in [1.29, 1.82) is 0 Å². The molecule has 0 bridgehead atoms. The molecule has 3 aromatic carbocycles. The summed E-state index contributed by atoms with van der Waals surface area (Å²) in [5.41, 5.74) is 2.58. The minimum absolute atomic E-state index is 0.0112. The van der Waals surface area contributed by atoms with Crippen LogP contribution in [0.1, 0.15) is 32.6 Å². The molecule has 1 atom stereocenters. The zero-order chi connectivity index (χ0) is 29.3. The molecular formula is C32H26N4O4S2. The maximum atomic E-state index is 13.4. The molecule has 0 aliphatic heterocycles. The Kier molecular flexibility index (Phi) is 9.27. The SMILES string of the molecule is Cc1csc(NC(=O)C(Sc2cccc(NC(=O)/C(=C/c3ccco3)NC(=O)c3ccccc3)c2)c2ccccc2)n1. The highest BCUT2D eigenvalue weighted by molar-refractivity contribution is 8.00. The summed E-state index contributed by atoms with van der Waals surface area (Å²) in [4.78, 5) is 44.7. The van der Waals surface area contributed by atoms with Crippen LogP contribution in [0.15, 0.2) is 124 Å². The lowest BCUT2D eigenvalue weighted by molar-refractivity contribution is -0.116. The quantitative estimate of drug-likeness (QED) is 0.119. The lowest BCUT2D eigenvalue weighted by atomic mass is 10.1. The second-order valence-corrected chi connectivity index (χ2v) is 11.1. The number of nitrogens with zero attached hydrogens (tertiary/aromatic N) is 1. The van der Waals surface area contributed by atoms with Gasteiger partial charge in [0.2, 0.25) is 5.91 Å². The van der Waals surface area contributed by atoms with E-state index < -0.39 is 17.1 Å². The van der Waals surface area contributed by atoms with E-state index in [1.54, 1.807) is 60.7 Å². The first-order valence-electron chi connectivity index (χ1n) is 12.9. The summed E-state index contributed by atoms with van der Waals surface area (Å²) in [6, 6.07) is 28.6. The van der Waals surface area contributed by atoms with Crippen LogP contribution in [0.5, 0.6) is 0 Å². The number of anilines is 2. The molecule has 210 valence electrons. The van der Waals surface area contributed by atoms with Gasteiger partial charge in [-0.2, -0.15) is 0 Å². The van der Waals surface area contributed by atoms with Crippen LogP contribution in [-0.2, 0) is 9.59 Å². The third kappa shape index (κ3) is 7.62. The molecule has 42 heavy (non-hydrogen) atoms. The van der Waals surface area contributed by atoms with E-state index >= 15 is 0 Å². The minimum atomic E-state index is -0.569.